The van der Waals surface area contributed by atoms with Crippen LogP contribution in [0.25, 0.3) is 10.9 Å². The molecule has 0 amide bonds. The summed E-state index contributed by atoms with van der Waals surface area (Å²) in [5, 5.41) is 18.9. The second-order valence-electron chi connectivity index (χ2n) is 3.95. The molecule has 1 aromatic carbocycles. The Labute approximate surface area is 108 Å². The maximum atomic E-state index is 5.30. The lowest BCUT2D eigenvalue weighted by atomic mass is 10.1. The van der Waals surface area contributed by atoms with E-state index in [2.05, 4.69) is 25.7 Å². The normalized spacial score (nSPS) is 11.0. The Morgan fingerprint density at radius 1 is 1.37 bits per heavy atom. The molecule has 0 fully saturated rings. The fraction of sp³-hybridized carbons (Fsp3) is 0.273. The minimum Gasteiger partial charge on any atom is -0.367 e. The molecule has 0 radical (unpaired) electrons. The van der Waals surface area contributed by atoms with Gasteiger partial charge >= 0.3 is 0 Å². The maximum Gasteiger partial charge on any atom is 0.216 e. The summed E-state index contributed by atoms with van der Waals surface area (Å²) in [4.78, 5) is 6.74. The Morgan fingerprint density at radius 3 is 3.11 bits per heavy atom. The summed E-state index contributed by atoms with van der Waals surface area (Å²) in [5.74, 6) is 0.655. The zero-order chi connectivity index (χ0) is 13.1. The molecule has 0 aliphatic heterocycles. The molecule has 8 heteroatoms. The number of benzene rings is 1. The Hall–Kier alpha value is -2.48. The molecule has 0 aliphatic rings. The third-order valence-corrected chi connectivity index (χ3v) is 2.64. The first-order valence-electron chi connectivity index (χ1n) is 5.68. The molecule has 0 aliphatic carbocycles. The van der Waals surface area contributed by atoms with Crippen LogP contribution < -0.4 is 4.84 Å². The van der Waals surface area contributed by atoms with E-state index in [0.717, 1.165) is 16.5 Å². The van der Waals surface area contributed by atoms with E-state index in [1.165, 1.54) is 4.85 Å². The number of tetrazole rings is 1. The van der Waals surface area contributed by atoms with Crippen LogP contribution >= 0.6 is 0 Å². The van der Waals surface area contributed by atoms with E-state index in [0.29, 0.717) is 12.2 Å². The predicted molar refractivity (Wildman–Crippen MR) is 65.2 cm³/mol. The number of hydrogen-bond donors (Lipinski definition) is 1. The van der Waals surface area contributed by atoms with Gasteiger partial charge in [-0.25, -0.2) is 0 Å². The maximum absolute atomic E-state index is 5.30. The molecule has 1 N–H and O–H groups in total. The molecular formula is C11H12N6O2. The minimum atomic E-state index is 0.154. The fourth-order valence-corrected chi connectivity index (χ4v) is 1.81. The summed E-state index contributed by atoms with van der Waals surface area (Å²) in [6, 6.07) is 5.94. The quantitative estimate of drug-likeness (QED) is 0.658. The van der Waals surface area contributed by atoms with Crippen LogP contribution in [0.3, 0.4) is 0 Å². The molecule has 8 nitrogen and oxygen atoms in total. The van der Waals surface area contributed by atoms with Gasteiger partial charge in [0.05, 0.1) is 6.20 Å². The van der Waals surface area contributed by atoms with Crippen molar-refractivity contribution in [3.05, 3.63) is 35.8 Å². The molecular weight excluding hydrogens is 248 g/mol. The average molecular weight is 260 g/mol. The van der Waals surface area contributed by atoms with E-state index in [1.807, 2.05) is 18.2 Å². The second-order valence-corrected chi connectivity index (χ2v) is 3.95. The minimum absolute atomic E-state index is 0.154. The summed E-state index contributed by atoms with van der Waals surface area (Å²) in [6.45, 7) is 0.154. The van der Waals surface area contributed by atoms with Crippen LogP contribution in [0.4, 0.5) is 0 Å². The van der Waals surface area contributed by atoms with Gasteiger partial charge in [0.25, 0.3) is 0 Å². The molecule has 0 bridgehead atoms. The molecule has 0 saturated carbocycles. The number of fused-ring (bicyclic) bond motifs is 1. The van der Waals surface area contributed by atoms with Crippen LogP contribution in [0.2, 0.25) is 0 Å². The van der Waals surface area contributed by atoms with Crippen LogP contribution in [0.15, 0.2) is 24.4 Å². The van der Waals surface area contributed by atoms with Crippen molar-refractivity contribution in [1.82, 2.24) is 30.6 Å². The molecule has 2 aromatic heterocycles. The van der Waals surface area contributed by atoms with Gasteiger partial charge in [-0.1, -0.05) is 16.1 Å². The van der Waals surface area contributed by atoms with Crippen LogP contribution in [0.1, 0.15) is 11.4 Å². The van der Waals surface area contributed by atoms with Crippen molar-refractivity contribution >= 4 is 10.9 Å². The number of aromatic nitrogens is 6. The van der Waals surface area contributed by atoms with E-state index in [4.69, 9.17) is 9.57 Å². The lowest BCUT2D eigenvalue weighted by Gasteiger charge is -2.04. The first-order valence-corrected chi connectivity index (χ1v) is 5.68. The van der Waals surface area contributed by atoms with E-state index >= 15 is 0 Å². The third kappa shape index (κ3) is 2.38. The van der Waals surface area contributed by atoms with Crippen LogP contribution in [0.5, 0.6) is 0 Å². The zero-order valence-electron chi connectivity index (χ0n) is 10.3. The second kappa shape index (κ2) is 5.02. The summed E-state index contributed by atoms with van der Waals surface area (Å²) in [7, 11) is 1.56. The number of rotatable bonds is 5. The number of aromatic amines is 1. The van der Waals surface area contributed by atoms with Gasteiger partial charge in [-0.15, -0.1) is 15.3 Å². The van der Waals surface area contributed by atoms with Gasteiger partial charge in [0.2, 0.25) is 6.79 Å². The highest BCUT2D eigenvalue weighted by Gasteiger charge is 2.06. The largest absolute Gasteiger partial charge is 0.367 e. The number of methoxy groups -OCH3 is 1. The van der Waals surface area contributed by atoms with Crippen molar-refractivity contribution in [2.24, 2.45) is 0 Å². The predicted octanol–water partition coefficient (Wildman–Crippen LogP) is 0.173. The topological polar surface area (TPSA) is 90.7 Å². The molecule has 0 unspecified atom stereocenters. The fourth-order valence-electron chi connectivity index (χ4n) is 1.81. The molecule has 3 rings (SSSR count). The van der Waals surface area contributed by atoms with Crippen molar-refractivity contribution in [3.8, 4) is 0 Å². The van der Waals surface area contributed by atoms with Gasteiger partial charge in [-0.05, 0) is 17.7 Å². The highest BCUT2D eigenvalue weighted by molar-refractivity contribution is 5.79. The number of hydrogen-bond acceptors (Lipinski definition) is 6. The summed E-state index contributed by atoms with van der Waals surface area (Å²) in [5.41, 5.74) is 1.97. The average Bonchev–Trinajstić information content (AvgIpc) is 3.06. The molecule has 2 heterocycles. The molecule has 19 heavy (non-hydrogen) atoms. The van der Waals surface area contributed by atoms with Crippen LogP contribution in [-0.4, -0.2) is 44.5 Å². The van der Waals surface area contributed by atoms with Crippen molar-refractivity contribution in [2.45, 2.75) is 6.42 Å². The number of nitrogens with one attached hydrogen (secondary N) is 1. The Balaban J connectivity index is 1.85. The summed E-state index contributed by atoms with van der Waals surface area (Å²) in [6.07, 6.45) is 2.36. The highest BCUT2D eigenvalue weighted by atomic mass is 16.8. The summed E-state index contributed by atoms with van der Waals surface area (Å²) >= 11 is 0. The molecule has 0 atom stereocenters. The molecule has 0 spiro atoms. The Kier molecular flexibility index (Phi) is 3.07. The van der Waals surface area contributed by atoms with Crippen molar-refractivity contribution < 1.29 is 9.57 Å². The molecule has 98 valence electrons. The molecule has 3 aromatic rings. The van der Waals surface area contributed by atoms with Gasteiger partial charge in [0.1, 0.15) is 5.52 Å². The highest BCUT2D eigenvalue weighted by Crippen LogP contribution is 2.16. The van der Waals surface area contributed by atoms with Crippen LogP contribution in [0, 0.1) is 0 Å². The standard InChI is InChI=1S/C11H12N6O2/c1-18-7-19-17-10-3-2-8(4-9(10)6-12-17)5-11-13-15-16-14-11/h2-4,6H,5,7H2,1H3,(H,13,14,15,16). The smallest absolute Gasteiger partial charge is 0.216 e. The lowest BCUT2D eigenvalue weighted by Crippen LogP contribution is -2.14. The van der Waals surface area contributed by atoms with E-state index in [-0.39, 0.29) is 6.79 Å². The van der Waals surface area contributed by atoms with Gasteiger partial charge in [0, 0.05) is 18.9 Å². The Morgan fingerprint density at radius 2 is 2.32 bits per heavy atom. The summed E-state index contributed by atoms with van der Waals surface area (Å²) < 4.78 is 4.85. The van der Waals surface area contributed by atoms with Crippen molar-refractivity contribution in [3.63, 3.8) is 0 Å². The number of H-pyrrole nitrogens is 1. The van der Waals surface area contributed by atoms with Gasteiger partial charge < -0.3 is 9.57 Å². The van der Waals surface area contributed by atoms with Crippen molar-refractivity contribution in [2.75, 3.05) is 13.9 Å². The number of ether oxygens (including phenoxy) is 1. The first-order chi connectivity index (χ1) is 9.36. The SMILES string of the molecule is COCOn1ncc2cc(Cc3nn[nH]n3)ccc21. The number of nitrogens with zero attached hydrogens (tertiary/aromatic N) is 5. The van der Waals surface area contributed by atoms with E-state index in [1.54, 1.807) is 13.3 Å². The van der Waals surface area contributed by atoms with Crippen LogP contribution in [-0.2, 0) is 11.2 Å². The lowest BCUT2D eigenvalue weighted by molar-refractivity contribution is -0.0464. The molecule has 0 saturated heterocycles. The van der Waals surface area contributed by atoms with Crippen molar-refractivity contribution in [1.29, 1.82) is 0 Å². The monoisotopic (exact) mass is 260 g/mol. The van der Waals surface area contributed by atoms with Gasteiger partial charge in [-0.2, -0.15) is 5.21 Å². The zero-order valence-corrected chi connectivity index (χ0v) is 10.3. The first kappa shape index (κ1) is 11.6. The van der Waals surface area contributed by atoms with E-state index in [9.17, 15) is 0 Å². The van der Waals surface area contributed by atoms with Gasteiger partial charge in [-0.3, -0.25) is 0 Å². The third-order valence-electron chi connectivity index (χ3n) is 2.64. The van der Waals surface area contributed by atoms with E-state index < -0.39 is 0 Å². The van der Waals surface area contributed by atoms with Gasteiger partial charge in [0.15, 0.2) is 5.82 Å². The Bertz CT molecular complexity index is 663.